The molecule has 2 N–H and O–H groups in total. The fourth-order valence-corrected chi connectivity index (χ4v) is 4.13. The Hall–Kier alpha value is -4.34. The predicted molar refractivity (Wildman–Crippen MR) is 134 cm³/mol. The normalized spacial score (nSPS) is 14.7. The molecule has 0 aliphatic carbocycles. The van der Waals surface area contributed by atoms with E-state index >= 15 is 0 Å². The number of anilines is 1. The number of piperazine rings is 1. The topological polar surface area (TPSA) is 103 Å². The zero-order valence-electron chi connectivity index (χ0n) is 20.4. The second-order valence-electron chi connectivity index (χ2n) is 8.97. The number of halogens is 3. The molecule has 9 nitrogen and oxygen atoms in total. The first kappa shape index (κ1) is 25.3. The zero-order valence-corrected chi connectivity index (χ0v) is 20.4. The average molecular weight is 521 g/mol. The first-order valence-corrected chi connectivity index (χ1v) is 11.8. The molecule has 0 radical (unpaired) electrons. The van der Waals surface area contributed by atoms with Gasteiger partial charge in [0.2, 0.25) is 0 Å². The van der Waals surface area contributed by atoms with Crippen LogP contribution in [0, 0.1) is 11.8 Å². The van der Waals surface area contributed by atoms with Gasteiger partial charge in [-0.05, 0) is 36.7 Å². The van der Waals surface area contributed by atoms with Gasteiger partial charge in [-0.25, -0.2) is 9.97 Å². The third kappa shape index (κ3) is 5.80. The van der Waals surface area contributed by atoms with Crippen LogP contribution in [0.25, 0.3) is 11.0 Å². The van der Waals surface area contributed by atoms with Gasteiger partial charge in [0.15, 0.2) is 5.65 Å². The first-order valence-electron chi connectivity index (χ1n) is 11.8. The summed E-state index contributed by atoms with van der Waals surface area (Å²) in [6.45, 7) is 3.20. The number of hydrogen-bond acceptors (Lipinski definition) is 7. The van der Waals surface area contributed by atoms with Gasteiger partial charge in [-0.15, -0.1) is 0 Å². The third-order valence-electron chi connectivity index (χ3n) is 6.23. The highest BCUT2D eigenvalue weighted by molar-refractivity contribution is 6.04. The smallest absolute Gasteiger partial charge is 0.322 e. The Morgan fingerprint density at radius 1 is 1.08 bits per heavy atom. The number of carbonyl (C=O) groups is 1. The van der Waals surface area contributed by atoms with Crippen LogP contribution in [-0.4, -0.2) is 74.1 Å². The summed E-state index contributed by atoms with van der Waals surface area (Å²) < 4.78 is 41.6. The second kappa shape index (κ2) is 10.6. The molecule has 3 aromatic heterocycles. The molecule has 4 heterocycles. The lowest BCUT2D eigenvalue weighted by Gasteiger charge is -2.33. The molecular formula is C26H23F3N8O. The number of alkyl halides is 3. The Morgan fingerprint density at radius 2 is 1.89 bits per heavy atom. The van der Waals surface area contributed by atoms with Gasteiger partial charge in [0.05, 0.1) is 16.5 Å². The third-order valence-corrected chi connectivity index (χ3v) is 6.23. The van der Waals surface area contributed by atoms with Crippen LogP contribution >= 0.6 is 0 Å². The van der Waals surface area contributed by atoms with E-state index in [2.05, 4.69) is 47.2 Å². The number of amides is 1. The molecule has 0 bridgehead atoms. The number of aromatic amines is 1. The number of nitrogens with zero attached hydrogens (tertiary/aromatic N) is 6. The maximum atomic E-state index is 13.9. The SMILES string of the molecule is CN1CCN(Cc2ccc(NC(=O)c3cncc(C#Cc4n[nH]c5ncncc45)c3)cc2C(F)(F)F)CC1. The molecule has 0 saturated carbocycles. The Balaban J connectivity index is 1.32. The van der Waals surface area contributed by atoms with Crippen molar-refractivity contribution >= 4 is 22.6 Å². The van der Waals surface area contributed by atoms with Gasteiger partial charge >= 0.3 is 6.18 Å². The van der Waals surface area contributed by atoms with Gasteiger partial charge < -0.3 is 10.2 Å². The van der Waals surface area contributed by atoms with Crippen molar-refractivity contribution in [1.29, 1.82) is 0 Å². The van der Waals surface area contributed by atoms with Crippen molar-refractivity contribution in [3.05, 3.63) is 77.1 Å². The summed E-state index contributed by atoms with van der Waals surface area (Å²) in [5.41, 5.74) is 1.03. The number of likely N-dealkylation sites (N-methyl/N-ethyl adjacent to an activating group) is 1. The molecule has 1 aromatic carbocycles. The van der Waals surface area contributed by atoms with Gasteiger partial charge in [-0.2, -0.15) is 18.3 Å². The minimum atomic E-state index is -4.55. The molecule has 1 aliphatic rings. The summed E-state index contributed by atoms with van der Waals surface area (Å²) in [7, 11) is 1.99. The number of H-pyrrole nitrogens is 1. The molecule has 5 rings (SSSR count). The number of fused-ring (bicyclic) bond motifs is 1. The van der Waals surface area contributed by atoms with E-state index < -0.39 is 17.6 Å². The molecule has 1 fully saturated rings. The second-order valence-corrected chi connectivity index (χ2v) is 8.97. The summed E-state index contributed by atoms with van der Waals surface area (Å²) in [6.07, 6.45) is 1.22. The highest BCUT2D eigenvalue weighted by Crippen LogP contribution is 2.34. The lowest BCUT2D eigenvalue weighted by molar-refractivity contribution is -0.138. The molecular weight excluding hydrogens is 497 g/mol. The number of nitrogens with one attached hydrogen (secondary N) is 2. The Morgan fingerprint density at radius 3 is 2.68 bits per heavy atom. The first-order chi connectivity index (χ1) is 18.3. The largest absolute Gasteiger partial charge is 0.416 e. The highest BCUT2D eigenvalue weighted by atomic mass is 19.4. The minimum absolute atomic E-state index is 0.0453. The van der Waals surface area contributed by atoms with Crippen molar-refractivity contribution in [2.45, 2.75) is 12.7 Å². The number of pyridine rings is 1. The predicted octanol–water partition coefficient (Wildman–Crippen LogP) is 3.17. The van der Waals surface area contributed by atoms with Crippen LogP contribution in [0.4, 0.5) is 18.9 Å². The van der Waals surface area contributed by atoms with E-state index in [1.165, 1.54) is 36.9 Å². The molecule has 194 valence electrons. The number of hydrogen-bond donors (Lipinski definition) is 2. The summed E-state index contributed by atoms with van der Waals surface area (Å²) in [5.74, 6) is 5.18. The molecule has 1 aliphatic heterocycles. The lowest BCUT2D eigenvalue weighted by Crippen LogP contribution is -2.44. The summed E-state index contributed by atoms with van der Waals surface area (Å²) in [5, 5.41) is 10.1. The van der Waals surface area contributed by atoms with Crippen LogP contribution < -0.4 is 5.32 Å². The average Bonchev–Trinajstić information content (AvgIpc) is 3.32. The summed E-state index contributed by atoms with van der Waals surface area (Å²) >= 11 is 0. The Bertz CT molecular complexity index is 1530. The van der Waals surface area contributed by atoms with Crippen molar-refractivity contribution in [2.24, 2.45) is 0 Å². The lowest BCUT2D eigenvalue weighted by atomic mass is 10.0. The Labute approximate surface area is 216 Å². The van der Waals surface area contributed by atoms with Gasteiger partial charge in [0.25, 0.3) is 5.91 Å². The maximum Gasteiger partial charge on any atom is 0.416 e. The molecule has 1 amide bonds. The molecule has 1 saturated heterocycles. The van der Waals surface area contributed by atoms with Crippen LogP contribution in [0.15, 0.2) is 49.2 Å². The number of carbonyl (C=O) groups excluding carboxylic acids is 1. The van der Waals surface area contributed by atoms with Crippen LogP contribution in [0.3, 0.4) is 0 Å². The number of rotatable bonds is 4. The quantitative estimate of drug-likeness (QED) is 0.399. The van der Waals surface area contributed by atoms with Crippen LogP contribution in [0.2, 0.25) is 0 Å². The number of aromatic nitrogens is 5. The summed E-state index contributed by atoms with van der Waals surface area (Å²) in [6, 6.07) is 5.40. The van der Waals surface area contributed by atoms with E-state index in [4.69, 9.17) is 0 Å². The van der Waals surface area contributed by atoms with Gasteiger partial charge in [-0.1, -0.05) is 12.0 Å². The molecule has 12 heteroatoms. The van der Waals surface area contributed by atoms with Crippen LogP contribution in [-0.2, 0) is 12.7 Å². The van der Waals surface area contributed by atoms with Crippen molar-refractivity contribution in [2.75, 3.05) is 38.5 Å². The molecule has 0 unspecified atom stereocenters. The molecule has 4 aromatic rings. The van der Waals surface area contributed by atoms with Crippen molar-refractivity contribution in [3.8, 4) is 11.8 Å². The highest BCUT2D eigenvalue weighted by Gasteiger charge is 2.34. The van der Waals surface area contributed by atoms with E-state index in [9.17, 15) is 18.0 Å². The van der Waals surface area contributed by atoms with E-state index in [1.807, 2.05) is 11.9 Å². The monoisotopic (exact) mass is 520 g/mol. The molecule has 0 atom stereocenters. The van der Waals surface area contributed by atoms with Crippen molar-refractivity contribution in [3.63, 3.8) is 0 Å². The standard InChI is InChI=1S/C26H23F3N8O/c1-36-6-8-37(9-7-36)15-18-3-4-20(11-22(18)26(27,28)29)33-25(38)19-10-17(12-30-13-19)2-5-23-21-14-31-16-32-24(21)35-34-23/h3-4,10-14,16H,6-9,15H2,1H3,(H,33,38)(H,31,32,34,35). The van der Waals surface area contributed by atoms with E-state index in [1.54, 1.807) is 6.20 Å². The van der Waals surface area contributed by atoms with Crippen LogP contribution in [0.5, 0.6) is 0 Å². The van der Waals surface area contributed by atoms with E-state index in [-0.39, 0.29) is 23.4 Å². The number of benzene rings is 1. The van der Waals surface area contributed by atoms with Gasteiger partial charge in [-0.3, -0.25) is 19.8 Å². The van der Waals surface area contributed by atoms with Crippen molar-refractivity contribution in [1.82, 2.24) is 34.9 Å². The fourth-order valence-electron chi connectivity index (χ4n) is 4.13. The minimum Gasteiger partial charge on any atom is -0.322 e. The Kier molecular flexibility index (Phi) is 7.04. The van der Waals surface area contributed by atoms with Crippen LogP contribution in [0.1, 0.15) is 32.7 Å². The molecule has 0 spiro atoms. The molecule has 38 heavy (non-hydrogen) atoms. The van der Waals surface area contributed by atoms with Gasteiger partial charge in [0.1, 0.15) is 12.0 Å². The van der Waals surface area contributed by atoms with E-state index in [0.717, 1.165) is 19.2 Å². The van der Waals surface area contributed by atoms with Crippen molar-refractivity contribution < 1.29 is 18.0 Å². The summed E-state index contributed by atoms with van der Waals surface area (Å²) in [4.78, 5) is 29.0. The zero-order chi connectivity index (χ0) is 26.7. The van der Waals surface area contributed by atoms with E-state index in [0.29, 0.717) is 35.4 Å². The maximum absolute atomic E-state index is 13.9. The fraction of sp³-hybridized carbons (Fsp3) is 0.269. The van der Waals surface area contributed by atoms with Gasteiger partial charge in [0, 0.05) is 62.6 Å².